The summed E-state index contributed by atoms with van der Waals surface area (Å²) >= 11 is 0. The molecule has 6 heteroatoms. The smallest absolute Gasteiger partial charge is 0.222 e. The SMILES string of the molecule is NC[C@H]1CN(Cc2cnc(NCc3ccccc3)nc2)CCO1. The van der Waals surface area contributed by atoms with Crippen LogP contribution in [-0.2, 0) is 17.8 Å². The van der Waals surface area contributed by atoms with Crippen LogP contribution in [0.25, 0.3) is 0 Å². The molecule has 0 saturated carbocycles. The van der Waals surface area contributed by atoms with Crippen LogP contribution in [0.5, 0.6) is 0 Å². The molecule has 0 spiro atoms. The number of nitrogens with zero attached hydrogens (tertiary/aromatic N) is 3. The number of aromatic nitrogens is 2. The normalized spacial score (nSPS) is 18.7. The molecular weight excluding hydrogens is 290 g/mol. The van der Waals surface area contributed by atoms with Crippen molar-refractivity contribution < 1.29 is 4.74 Å². The second-order valence-electron chi connectivity index (χ2n) is 5.72. The van der Waals surface area contributed by atoms with Gasteiger partial charge in [0, 0.05) is 50.7 Å². The maximum atomic E-state index is 5.68. The van der Waals surface area contributed by atoms with Crippen molar-refractivity contribution in [3.63, 3.8) is 0 Å². The molecule has 0 bridgehead atoms. The van der Waals surface area contributed by atoms with Gasteiger partial charge in [0.1, 0.15) is 0 Å². The van der Waals surface area contributed by atoms with Crippen LogP contribution in [0.4, 0.5) is 5.95 Å². The summed E-state index contributed by atoms with van der Waals surface area (Å²) in [5.74, 6) is 0.652. The van der Waals surface area contributed by atoms with Gasteiger partial charge in [0.2, 0.25) is 5.95 Å². The standard InChI is InChI=1S/C17H23N5O/c18-8-16-13-22(6-7-23-16)12-15-10-20-17(21-11-15)19-9-14-4-2-1-3-5-14/h1-5,10-11,16H,6-9,12-13,18H2,(H,19,20,21)/t16-/m0/s1. The maximum absolute atomic E-state index is 5.68. The lowest BCUT2D eigenvalue weighted by molar-refractivity contribution is -0.0261. The van der Waals surface area contributed by atoms with Gasteiger partial charge in [0.15, 0.2) is 0 Å². The first-order chi connectivity index (χ1) is 11.3. The van der Waals surface area contributed by atoms with Crippen molar-refractivity contribution in [1.82, 2.24) is 14.9 Å². The van der Waals surface area contributed by atoms with Crippen LogP contribution in [0, 0.1) is 0 Å². The van der Waals surface area contributed by atoms with Crippen LogP contribution < -0.4 is 11.1 Å². The monoisotopic (exact) mass is 313 g/mol. The molecule has 1 aromatic heterocycles. The molecule has 1 aliphatic rings. The number of rotatable bonds is 6. The third-order valence-electron chi connectivity index (χ3n) is 3.89. The molecule has 3 N–H and O–H groups in total. The Labute approximate surface area is 136 Å². The molecule has 23 heavy (non-hydrogen) atoms. The van der Waals surface area contributed by atoms with E-state index < -0.39 is 0 Å². The molecule has 122 valence electrons. The molecule has 0 radical (unpaired) electrons. The zero-order valence-electron chi connectivity index (χ0n) is 13.2. The third-order valence-corrected chi connectivity index (χ3v) is 3.89. The fraction of sp³-hybridized carbons (Fsp3) is 0.412. The van der Waals surface area contributed by atoms with Crippen molar-refractivity contribution in [1.29, 1.82) is 0 Å². The Kier molecular flexibility index (Phi) is 5.52. The van der Waals surface area contributed by atoms with Gasteiger partial charge in [-0.25, -0.2) is 9.97 Å². The van der Waals surface area contributed by atoms with E-state index in [1.807, 2.05) is 30.6 Å². The predicted octanol–water partition coefficient (Wildman–Crippen LogP) is 1.25. The minimum absolute atomic E-state index is 0.136. The molecule has 1 fully saturated rings. The summed E-state index contributed by atoms with van der Waals surface area (Å²) in [5, 5.41) is 3.24. The molecule has 0 unspecified atom stereocenters. The lowest BCUT2D eigenvalue weighted by Crippen LogP contribution is -2.45. The Morgan fingerprint density at radius 1 is 1.17 bits per heavy atom. The summed E-state index contributed by atoms with van der Waals surface area (Å²) in [7, 11) is 0. The molecule has 6 nitrogen and oxygen atoms in total. The summed E-state index contributed by atoms with van der Waals surface area (Å²) in [5.41, 5.74) is 7.99. The average Bonchev–Trinajstić information content (AvgIpc) is 2.62. The van der Waals surface area contributed by atoms with Crippen molar-refractivity contribution >= 4 is 5.95 Å². The molecule has 0 aliphatic carbocycles. The first kappa shape index (κ1) is 15.9. The lowest BCUT2D eigenvalue weighted by Gasteiger charge is -2.32. The van der Waals surface area contributed by atoms with E-state index in [-0.39, 0.29) is 6.10 Å². The Morgan fingerprint density at radius 2 is 1.96 bits per heavy atom. The molecule has 3 rings (SSSR count). The number of morpholine rings is 1. The van der Waals surface area contributed by atoms with Crippen molar-refractivity contribution in [2.75, 3.05) is 31.6 Å². The van der Waals surface area contributed by atoms with E-state index in [1.165, 1.54) is 5.56 Å². The van der Waals surface area contributed by atoms with E-state index in [0.29, 0.717) is 12.5 Å². The highest BCUT2D eigenvalue weighted by atomic mass is 16.5. The molecule has 1 saturated heterocycles. The second kappa shape index (κ2) is 8.01. The molecule has 0 amide bonds. The van der Waals surface area contributed by atoms with Crippen molar-refractivity contribution in [3.05, 3.63) is 53.9 Å². The van der Waals surface area contributed by atoms with Gasteiger partial charge in [-0.3, -0.25) is 4.90 Å². The maximum Gasteiger partial charge on any atom is 0.222 e. The first-order valence-electron chi connectivity index (χ1n) is 7.96. The highest BCUT2D eigenvalue weighted by molar-refractivity contribution is 5.27. The highest BCUT2D eigenvalue weighted by Gasteiger charge is 2.19. The molecular formula is C17H23N5O. The van der Waals surface area contributed by atoms with Crippen LogP contribution in [0.1, 0.15) is 11.1 Å². The highest BCUT2D eigenvalue weighted by Crippen LogP contribution is 2.10. The van der Waals surface area contributed by atoms with Crippen LogP contribution in [-0.4, -0.2) is 47.2 Å². The van der Waals surface area contributed by atoms with E-state index in [9.17, 15) is 0 Å². The van der Waals surface area contributed by atoms with Gasteiger partial charge in [-0.2, -0.15) is 0 Å². The van der Waals surface area contributed by atoms with E-state index in [2.05, 4.69) is 32.3 Å². The van der Waals surface area contributed by atoms with Gasteiger partial charge in [0.25, 0.3) is 0 Å². The number of nitrogens with two attached hydrogens (primary N) is 1. The first-order valence-corrected chi connectivity index (χ1v) is 7.96. The number of hydrogen-bond donors (Lipinski definition) is 2. The number of anilines is 1. The Balaban J connectivity index is 1.51. The van der Waals surface area contributed by atoms with Gasteiger partial charge in [-0.1, -0.05) is 30.3 Å². The van der Waals surface area contributed by atoms with E-state index in [0.717, 1.165) is 38.3 Å². The van der Waals surface area contributed by atoms with Crippen molar-refractivity contribution in [2.24, 2.45) is 5.73 Å². The number of nitrogens with one attached hydrogen (secondary N) is 1. The fourth-order valence-corrected chi connectivity index (χ4v) is 2.63. The van der Waals surface area contributed by atoms with Gasteiger partial charge in [-0.05, 0) is 5.56 Å². The number of ether oxygens (including phenoxy) is 1. The molecule has 1 aliphatic heterocycles. The van der Waals surface area contributed by atoms with E-state index in [1.54, 1.807) is 0 Å². The summed E-state index contributed by atoms with van der Waals surface area (Å²) < 4.78 is 5.58. The van der Waals surface area contributed by atoms with Crippen LogP contribution in [0.3, 0.4) is 0 Å². The third kappa shape index (κ3) is 4.72. The average molecular weight is 313 g/mol. The summed E-state index contributed by atoms with van der Waals surface area (Å²) in [6.45, 7) is 4.64. The molecule has 2 aromatic rings. The minimum Gasteiger partial charge on any atom is -0.374 e. The second-order valence-corrected chi connectivity index (χ2v) is 5.72. The van der Waals surface area contributed by atoms with E-state index in [4.69, 9.17) is 10.5 Å². The summed E-state index contributed by atoms with van der Waals surface area (Å²) in [6.07, 6.45) is 3.90. The summed E-state index contributed by atoms with van der Waals surface area (Å²) in [4.78, 5) is 11.1. The van der Waals surface area contributed by atoms with Gasteiger partial charge < -0.3 is 15.8 Å². The Hall–Kier alpha value is -2.02. The zero-order valence-corrected chi connectivity index (χ0v) is 13.2. The van der Waals surface area contributed by atoms with Crippen LogP contribution in [0.15, 0.2) is 42.7 Å². The summed E-state index contributed by atoms with van der Waals surface area (Å²) in [6, 6.07) is 10.2. The van der Waals surface area contributed by atoms with Crippen molar-refractivity contribution in [3.8, 4) is 0 Å². The molecule has 1 atom stereocenters. The quantitative estimate of drug-likeness (QED) is 0.836. The van der Waals surface area contributed by atoms with Gasteiger partial charge in [-0.15, -0.1) is 0 Å². The van der Waals surface area contributed by atoms with Crippen molar-refractivity contribution in [2.45, 2.75) is 19.2 Å². The molecule has 2 heterocycles. The van der Waals surface area contributed by atoms with Crippen LogP contribution >= 0.6 is 0 Å². The largest absolute Gasteiger partial charge is 0.374 e. The lowest BCUT2D eigenvalue weighted by atomic mass is 10.2. The number of hydrogen-bond acceptors (Lipinski definition) is 6. The predicted molar refractivity (Wildman–Crippen MR) is 89.9 cm³/mol. The Morgan fingerprint density at radius 3 is 2.70 bits per heavy atom. The fourth-order valence-electron chi connectivity index (χ4n) is 2.63. The van der Waals surface area contributed by atoms with E-state index >= 15 is 0 Å². The minimum atomic E-state index is 0.136. The topological polar surface area (TPSA) is 76.3 Å². The number of benzene rings is 1. The Bertz CT molecular complexity index is 590. The zero-order chi connectivity index (χ0) is 15.9. The van der Waals surface area contributed by atoms with Crippen LogP contribution in [0.2, 0.25) is 0 Å². The van der Waals surface area contributed by atoms with Gasteiger partial charge in [0.05, 0.1) is 12.7 Å². The molecule has 1 aromatic carbocycles. The van der Waals surface area contributed by atoms with Gasteiger partial charge >= 0.3 is 0 Å².